The molecule has 0 fully saturated rings. The van der Waals surface area contributed by atoms with Gasteiger partial charge in [-0.3, -0.25) is 5.43 Å². The van der Waals surface area contributed by atoms with Crippen molar-refractivity contribution in [3.8, 4) is 0 Å². The summed E-state index contributed by atoms with van der Waals surface area (Å²) < 4.78 is 2.09. The third-order valence-electron chi connectivity index (χ3n) is 2.78. The molecular weight excluding hydrogens is 232 g/mol. The van der Waals surface area contributed by atoms with Gasteiger partial charge in [-0.25, -0.2) is 0 Å². The van der Waals surface area contributed by atoms with E-state index in [1.54, 1.807) is 6.21 Å². The summed E-state index contributed by atoms with van der Waals surface area (Å²) in [7, 11) is 2.01. The number of benzene rings is 1. The van der Waals surface area contributed by atoms with E-state index >= 15 is 0 Å². The van der Waals surface area contributed by atoms with Gasteiger partial charge >= 0.3 is 0 Å². The fourth-order valence-electron chi connectivity index (χ4n) is 1.94. The highest BCUT2D eigenvalue weighted by Gasteiger charge is 2.08. The van der Waals surface area contributed by atoms with Crippen LogP contribution in [-0.2, 0) is 7.05 Å². The van der Waals surface area contributed by atoms with Gasteiger partial charge < -0.3 is 10.3 Å². The van der Waals surface area contributed by atoms with Gasteiger partial charge in [0.25, 0.3) is 0 Å². The van der Waals surface area contributed by atoms with Crippen molar-refractivity contribution < 1.29 is 0 Å². The molecule has 1 aromatic carbocycles. The summed E-state index contributed by atoms with van der Waals surface area (Å²) in [6, 6.07) is 8.24. The van der Waals surface area contributed by atoms with Crippen LogP contribution in [-0.4, -0.2) is 15.9 Å². The Bertz CT molecular complexity index is 559. The number of aryl methyl sites for hydroxylation is 2. The van der Waals surface area contributed by atoms with Crippen molar-refractivity contribution in [1.82, 2.24) is 9.99 Å². The van der Waals surface area contributed by atoms with Crippen LogP contribution in [0.5, 0.6) is 0 Å². The van der Waals surface area contributed by atoms with Crippen molar-refractivity contribution in [2.45, 2.75) is 6.92 Å². The van der Waals surface area contributed by atoms with Gasteiger partial charge in [-0.15, -0.1) is 0 Å². The Hall–Kier alpha value is -1.88. The van der Waals surface area contributed by atoms with Gasteiger partial charge in [0.15, 0.2) is 5.11 Å². The third kappa shape index (κ3) is 2.14. The Morgan fingerprint density at radius 1 is 1.47 bits per heavy atom. The molecule has 0 spiro atoms. The van der Waals surface area contributed by atoms with E-state index < -0.39 is 0 Å². The van der Waals surface area contributed by atoms with E-state index in [-0.39, 0.29) is 5.11 Å². The number of rotatable bonds is 2. The molecule has 0 aliphatic heterocycles. The molecule has 0 saturated heterocycles. The lowest BCUT2D eigenvalue weighted by Gasteiger charge is -1.99. The first-order valence-corrected chi connectivity index (χ1v) is 5.64. The molecule has 0 saturated carbocycles. The molecule has 2 rings (SSSR count). The molecule has 3 N–H and O–H groups in total. The van der Waals surface area contributed by atoms with Crippen LogP contribution in [0, 0.1) is 6.92 Å². The van der Waals surface area contributed by atoms with Crippen LogP contribution >= 0.6 is 12.2 Å². The number of hydrogen-bond acceptors (Lipinski definition) is 2. The number of hydrazone groups is 1. The van der Waals surface area contributed by atoms with Crippen molar-refractivity contribution in [3.63, 3.8) is 0 Å². The molecule has 88 valence electrons. The smallest absolute Gasteiger partial charge is 0.184 e. The lowest BCUT2D eigenvalue weighted by molar-refractivity contribution is 0.945. The maximum Gasteiger partial charge on any atom is 0.184 e. The van der Waals surface area contributed by atoms with Crippen LogP contribution in [0.2, 0.25) is 0 Å². The molecule has 17 heavy (non-hydrogen) atoms. The topological polar surface area (TPSA) is 55.3 Å². The first kappa shape index (κ1) is 11.6. The van der Waals surface area contributed by atoms with E-state index in [1.165, 1.54) is 16.5 Å². The lowest BCUT2D eigenvalue weighted by Crippen LogP contribution is -2.24. The number of para-hydroxylation sites is 1. The Morgan fingerprint density at radius 3 is 2.82 bits per heavy atom. The van der Waals surface area contributed by atoms with E-state index in [2.05, 4.69) is 46.4 Å². The fourth-order valence-corrected chi connectivity index (χ4v) is 2.00. The predicted octanol–water partition coefficient (Wildman–Crippen LogP) is 1.65. The largest absolute Gasteiger partial charge is 0.375 e. The van der Waals surface area contributed by atoms with Gasteiger partial charge in [0.2, 0.25) is 0 Å². The number of nitrogens with zero attached hydrogens (tertiary/aromatic N) is 2. The van der Waals surface area contributed by atoms with Crippen molar-refractivity contribution in [2.75, 3.05) is 0 Å². The SMILES string of the molecule is Cc1c(/C=N/NC(N)=S)n(C)c2ccccc12. The maximum atomic E-state index is 5.31. The van der Waals surface area contributed by atoms with Gasteiger partial charge in [0.1, 0.15) is 0 Å². The monoisotopic (exact) mass is 246 g/mol. The summed E-state index contributed by atoms with van der Waals surface area (Å²) in [5.74, 6) is 0. The normalized spacial score (nSPS) is 11.2. The molecule has 0 bridgehead atoms. The third-order valence-corrected chi connectivity index (χ3v) is 2.87. The zero-order chi connectivity index (χ0) is 12.4. The van der Waals surface area contributed by atoms with Crippen LogP contribution in [0.3, 0.4) is 0 Å². The van der Waals surface area contributed by atoms with Gasteiger partial charge in [-0.2, -0.15) is 5.10 Å². The van der Waals surface area contributed by atoms with Gasteiger partial charge in [-0.05, 0) is 30.8 Å². The molecule has 1 heterocycles. The Morgan fingerprint density at radius 2 is 2.18 bits per heavy atom. The molecule has 0 aliphatic rings. The fraction of sp³-hybridized carbons (Fsp3) is 0.167. The van der Waals surface area contributed by atoms with Gasteiger partial charge in [-0.1, -0.05) is 18.2 Å². The number of hydrogen-bond donors (Lipinski definition) is 2. The van der Waals surface area contributed by atoms with Crippen molar-refractivity contribution in [3.05, 3.63) is 35.5 Å². The first-order valence-electron chi connectivity index (χ1n) is 5.24. The Labute approximate surface area is 105 Å². The van der Waals surface area contributed by atoms with Gasteiger partial charge in [0, 0.05) is 18.0 Å². The quantitative estimate of drug-likeness (QED) is 0.481. The first-order chi connectivity index (χ1) is 8.11. The second-order valence-corrected chi connectivity index (χ2v) is 4.26. The second kappa shape index (κ2) is 4.55. The molecule has 5 heteroatoms. The maximum absolute atomic E-state index is 5.31. The number of thiocarbonyl (C=S) groups is 1. The highest BCUT2D eigenvalue weighted by molar-refractivity contribution is 7.80. The number of aromatic nitrogens is 1. The molecule has 2 aromatic rings. The number of nitrogens with one attached hydrogen (secondary N) is 1. The molecule has 4 nitrogen and oxygen atoms in total. The summed E-state index contributed by atoms with van der Waals surface area (Å²) in [6.45, 7) is 2.07. The van der Waals surface area contributed by atoms with Crippen LogP contribution < -0.4 is 11.2 Å². The Balaban J connectivity index is 2.47. The zero-order valence-electron chi connectivity index (χ0n) is 9.77. The van der Waals surface area contributed by atoms with Crippen LogP contribution in [0.25, 0.3) is 10.9 Å². The van der Waals surface area contributed by atoms with E-state index in [4.69, 9.17) is 5.73 Å². The van der Waals surface area contributed by atoms with Crippen LogP contribution in [0.15, 0.2) is 29.4 Å². The summed E-state index contributed by atoms with van der Waals surface area (Å²) in [4.78, 5) is 0. The van der Waals surface area contributed by atoms with E-state index in [9.17, 15) is 0 Å². The number of nitrogens with two attached hydrogens (primary N) is 1. The van der Waals surface area contributed by atoms with E-state index in [0.29, 0.717) is 0 Å². The summed E-state index contributed by atoms with van der Waals surface area (Å²) in [5, 5.41) is 5.39. The zero-order valence-corrected chi connectivity index (χ0v) is 10.6. The minimum absolute atomic E-state index is 0.165. The van der Waals surface area contributed by atoms with Crippen molar-refractivity contribution in [1.29, 1.82) is 0 Å². The molecule has 0 atom stereocenters. The van der Waals surface area contributed by atoms with Crippen LogP contribution in [0.4, 0.5) is 0 Å². The Kier molecular flexibility index (Phi) is 3.10. The van der Waals surface area contributed by atoms with Crippen molar-refractivity contribution in [2.24, 2.45) is 17.9 Å². The molecular formula is C12H14N4S. The summed E-state index contributed by atoms with van der Waals surface area (Å²) >= 11 is 4.69. The molecule has 0 radical (unpaired) electrons. The second-order valence-electron chi connectivity index (χ2n) is 3.82. The summed E-state index contributed by atoms with van der Waals surface area (Å²) in [5.41, 5.74) is 11.3. The van der Waals surface area contributed by atoms with E-state index in [1.807, 2.05) is 19.2 Å². The lowest BCUT2D eigenvalue weighted by atomic mass is 10.1. The average molecular weight is 246 g/mol. The highest BCUT2D eigenvalue weighted by Crippen LogP contribution is 2.22. The van der Waals surface area contributed by atoms with Crippen LogP contribution in [0.1, 0.15) is 11.3 Å². The number of fused-ring (bicyclic) bond motifs is 1. The highest BCUT2D eigenvalue weighted by atomic mass is 32.1. The van der Waals surface area contributed by atoms with Crippen molar-refractivity contribution >= 4 is 34.4 Å². The van der Waals surface area contributed by atoms with E-state index in [0.717, 1.165) is 5.69 Å². The molecule has 0 aliphatic carbocycles. The predicted molar refractivity (Wildman–Crippen MR) is 75.2 cm³/mol. The average Bonchev–Trinajstić information content (AvgIpc) is 2.54. The van der Waals surface area contributed by atoms with Gasteiger partial charge in [0.05, 0.1) is 11.9 Å². The molecule has 0 amide bonds. The standard InChI is InChI=1S/C12H14N4S/c1-8-9-5-3-4-6-10(9)16(2)11(8)7-14-15-12(13)17/h3-7H,1-2H3,(H3,13,15,17)/b14-7+. The minimum atomic E-state index is 0.165. The molecule has 0 unspecified atom stereocenters. The minimum Gasteiger partial charge on any atom is -0.375 e. The summed E-state index contributed by atoms with van der Waals surface area (Å²) in [6.07, 6.45) is 1.73. The molecule has 1 aromatic heterocycles.